The molecule has 2 N–H and O–H groups in total. The first-order valence-corrected chi connectivity index (χ1v) is 4.13. The van der Waals surface area contributed by atoms with E-state index < -0.39 is 5.97 Å². The van der Waals surface area contributed by atoms with Crippen molar-refractivity contribution in [1.82, 2.24) is 0 Å². The molecule has 5 heteroatoms. The summed E-state index contributed by atoms with van der Waals surface area (Å²) in [6.45, 7) is 0. The number of benzene rings is 2. The van der Waals surface area contributed by atoms with Crippen LogP contribution in [-0.4, -0.2) is 16.2 Å². The van der Waals surface area contributed by atoms with E-state index in [4.69, 9.17) is 5.11 Å². The predicted octanol–water partition coefficient (Wildman–Crippen LogP) is -3.52. The Labute approximate surface area is 181 Å². The fourth-order valence-electron chi connectivity index (χ4n) is 1.40. The van der Waals surface area contributed by atoms with Crippen LogP contribution in [0.15, 0.2) is 36.4 Å². The van der Waals surface area contributed by atoms with Crippen molar-refractivity contribution in [3.05, 3.63) is 42.0 Å². The largest absolute Gasteiger partial charge is 1.00 e. The molecule has 0 atom stereocenters. The van der Waals surface area contributed by atoms with Crippen molar-refractivity contribution in [3.8, 4) is 5.75 Å². The van der Waals surface area contributed by atoms with Gasteiger partial charge in [0.2, 0.25) is 0 Å². The van der Waals surface area contributed by atoms with Crippen LogP contribution in [0, 0.1) is 0 Å². The Hall–Kier alpha value is 1.24. The topological polar surface area (TPSA) is 57.5 Å². The van der Waals surface area contributed by atoms with Gasteiger partial charge in [0, 0.05) is 0 Å². The van der Waals surface area contributed by atoms with Gasteiger partial charge in [-0.2, -0.15) is 0 Å². The number of carboxylic acids is 1. The molecule has 74 valence electrons. The molecule has 0 radical (unpaired) electrons. The van der Waals surface area contributed by atoms with Gasteiger partial charge in [-0.1, -0.05) is 24.3 Å². The third-order valence-electron chi connectivity index (χ3n) is 2.09. The monoisotopic (exact) mass is 268 g/mol. The zero-order valence-corrected chi connectivity index (χ0v) is 15.5. The first kappa shape index (κ1) is 17.2. The second-order valence-corrected chi connectivity index (χ2v) is 3.02. The molecule has 0 heterocycles. The molecule has 0 fully saturated rings. The van der Waals surface area contributed by atoms with E-state index >= 15 is 0 Å². The van der Waals surface area contributed by atoms with E-state index in [1.54, 1.807) is 6.07 Å². The minimum absolute atomic E-state index is 0. The summed E-state index contributed by atoms with van der Waals surface area (Å²) in [5, 5.41) is 19.8. The molecule has 0 aliphatic rings. The Morgan fingerprint density at radius 1 is 1.06 bits per heavy atom. The second-order valence-electron chi connectivity index (χ2n) is 3.02. The molecule has 0 bridgehead atoms. The van der Waals surface area contributed by atoms with Crippen LogP contribution in [0.4, 0.5) is 0 Å². The fourth-order valence-corrected chi connectivity index (χ4v) is 1.40. The van der Waals surface area contributed by atoms with Crippen molar-refractivity contribution in [2.45, 2.75) is 0 Å². The first-order chi connectivity index (χ1) is 6.68. The van der Waals surface area contributed by atoms with Gasteiger partial charge >= 0.3 is 109 Å². The quantitative estimate of drug-likeness (QED) is 0.527. The molecule has 0 unspecified atom stereocenters. The summed E-state index contributed by atoms with van der Waals surface area (Å²) < 4.78 is 0. The van der Waals surface area contributed by atoms with Crippen LogP contribution in [0.1, 0.15) is 13.2 Å². The number of hydrogen-bond donors (Lipinski definition) is 2. The van der Waals surface area contributed by atoms with E-state index in [0.717, 1.165) is 10.8 Å². The van der Waals surface area contributed by atoms with Crippen LogP contribution in [0.2, 0.25) is 0 Å². The molecule has 0 spiro atoms. The van der Waals surface area contributed by atoms with Gasteiger partial charge in [0.1, 0.15) is 11.3 Å². The van der Waals surface area contributed by atoms with E-state index in [0.29, 0.717) is 0 Å². The van der Waals surface area contributed by atoms with E-state index in [1.165, 1.54) is 12.1 Å². The summed E-state index contributed by atoms with van der Waals surface area (Å²) in [6.07, 6.45) is 0. The molecule has 2 rings (SSSR count). The Balaban J connectivity index is -0.000000562. The van der Waals surface area contributed by atoms with Gasteiger partial charge in [-0.3, -0.25) is 0 Å². The average molecular weight is 268 g/mol. The van der Waals surface area contributed by atoms with Gasteiger partial charge in [0.25, 0.3) is 0 Å². The summed E-state index contributed by atoms with van der Waals surface area (Å²) in [4.78, 5) is 10.7. The molecule has 0 aliphatic carbocycles. The molecule has 3 nitrogen and oxygen atoms in total. The number of fused-ring (bicyclic) bond motifs is 1. The van der Waals surface area contributed by atoms with Crippen LogP contribution < -0.4 is 103 Å². The number of hydrogen-bond acceptors (Lipinski definition) is 2. The molecule has 0 aliphatic heterocycles. The molecule has 0 saturated carbocycles. The molecule has 0 amide bonds. The summed E-state index contributed by atoms with van der Waals surface area (Å²) >= 11 is 0. The Kier molecular flexibility index (Phi) is 8.22. The SMILES string of the molecule is O=C(O)c1cc2ccccc2cc1O.[H-].[H-].[K+].[K+]. The molecule has 2 aromatic rings. The van der Waals surface area contributed by atoms with Crippen LogP contribution in [0.5, 0.6) is 5.75 Å². The maximum atomic E-state index is 10.7. The zero-order valence-electron chi connectivity index (χ0n) is 11.3. The Morgan fingerprint density at radius 2 is 1.56 bits per heavy atom. The Bertz CT molecular complexity index is 521. The van der Waals surface area contributed by atoms with Gasteiger partial charge in [0.05, 0.1) is 0 Å². The van der Waals surface area contributed by atoms with E-state index in [9.17, 15) is 9.90 Å². The smallest absolute Gasteiger partial charge is 1.00 e. The van der Waals surface area contributed by atoms with Crippen molar-refractivity contribution in [1.29, 1.82) is 0 Å². The summed E-state index contributed by atoms with van der Waals surface area (Å²) in [7, 11) is 0. The normalized spacial score (nSPS) is 9.00. The van der Waals surface area contributed by atoms with Crippen molar-refractivity contribution in [2.75, 3.05) is 0 Å². The van der Waals surface area contributed by atoms with Gasteiger partial charge in [-0.25, -0.2) is 4.79 Å². The van der Waals surface area contributed by atoms with Crippen LogP contribution in [0.25, 0.3) is 10.8 Å². The van der Waals surface area contributed by atoms with Crippen LogP contribution in [-0.2, 0) is 0 Å². The summed E-state index contributed by atoms with van der Waals surface area (Å²) in [5.41, 5.74) is -0.0660. The molecular weight excluding hydrogens is 258 g/mol. The van der Waals surface area contributed by atoms with E-state index in [1.807, 2.05) is 18.2 Å². The second kappa shape index (κ2) is 7.63. The standard InChI is InChI=1S/C11H8O3.2K.2H/c12-10-6-8-4-2-1-3-7(8)5-9(10)11(13)14;;;;/h1-6,12H,(H,13,14);;;;/q;2*+1;2*-1. The molecule has 2 aromatic carbocycles. The first-order valence-electron chi connectivity index (χ1n) is 4.13. The third-order valence-corrected chi connectivity index (χ3v) is 2.09. The van der Waals surface area contributed by atoms with Gasteiger partial charge in [-0.15, -0.1) is 0 Å². The molecule has 16 heavy (non-hydrogen) atoms. The van der Waals surface area contributed by atoms with Crippen LogP contribution >= 0.6 is 0 Å². The van der Waals surface area contributed by atoms with E-state index in [2.05, 4.69) is 0 Å². The van der Waals surface area contributed by atoms with Gasteiger partial charge < -0.3 is 13.1 Å². The molecule has 0 aromatic heterocycles. The Morgan fingerprint density at radius 3 is 2.06 bits per heavy atom. The average Bonchev–Trinajstić information content (AvgIpc) is 2.16. The number of rotatable bonds is 1. The summed E-state index contributed by atoms with van der Waals surface area (Å²) in [6, 6.07) is 10.2. The maximum Gasteiger partial charge on any atom is 1.00 e. The van der Waals surface area contributed by atoms with E-state index in [-0.39, 0.29) is 117 Å². The zero-order chi connectivity index (χ0) is 10.1. The number of phenols is 1. The van der Waals surface area contributed by atoms with Crippen molar-refractivity contribution in [3.63, 3.8) is 0 Å². The maximum absolute atomic E-state index is 10.7. The van der Waals surface area contributed by atoms with Gasteiger partial charge in [-0.05, 0) is 22.9 Å². The van der Waals surface area contributed by atoms with Crippen molar-refractivity contribution in [2.24, 2.45) is 0 Å². The minimum atomic E-state index is -1.12. The van der Waals surface area contributed by atoms with Crippen molar-refractivity contribution >= 4 is 16.7 Å². The third kappa shape index (κ3) is 3.88. The minimum Gasteiger partial charge on any atom is -1.00 e. The van der Waals surface area contributed by atoms with Crippen LogP contribution in [0.3, 0.4) is 0 Å². The number of carboxylic acid groups (broad SMARTS) is 1. The fraction of sp³-hybridized carbons (Fsp3) is 0. The van der Waals surface area contributed by atoms with Crippen molar-refractivity contribution < 1.29 is 121 Å². The number of aromatic carboxylic acids is 1. The summed E-state index contributed by atoms with van der Waals surface area (Å²) in [5.74, 6) is -1.32. The predicted molar refractivity (Wildman–Crippen MR) is 54.8 cm³/mol. The number of carbonyl (C=O) groups is 1. The molecular formula is C11H10K2O3. The van der Waals surface area contributed by atoms with Gasteiger partial charge in [0.15, 0.2) is 0 Å². The number of aromatic hydroxyl groups is 1. The molecule has 0 saturated heterocycles.